The predicted octanol–water partition coefficient (Wildman–Crippen LogP) is 11.7. The highest BCUT2D eigenvalue weighted by molar-refractivity contribution is 6.36. The lowest BCUT2D eigenvalue weighted by Crippen LogP contribution is -2.30. The summed E-state index contributed by atoms with van der Waals surface area (Å²) in [5.41, 5.74) is 10.2. The van der Waals surface area contributed by atoms with E-state index in [1.54, 1.807) is 6.07 Å². The van der Waals surface area contributed by atoms with E-state index in [9.17, 15) is 9.59 Å². The molecule has 8 aromatic rings. The summed E-state index contributed by atoms with van der Waals surface area (Å²) in [7, 11) is 0. The number of amides is 2. The van der Waals surface area contributed by atoms with E-state index in [1.807, 2.05) is 140 Å². The summed E-state index contributed by atoms with van der Waals surface area (Å²) in [6.07, 6.45) is 0. The molecule has 6 heteroatoms. The fourth-order valence-corrected chi connectivity index (χ4v) is 7.48. The summed E-state index contributed by atoms with van der Waals surface area (Å²) in [6, 6.07) is 50.1. The summed E-state index contributed by atoms with van der Waals surface area (Å²) >= 11 is 0. The predicted molar refractivity (Wildman–Crippen MR) is 207 cm³/mol. The summed E-state index contributed by atoms with van der Waals surface area (Å²) in [5.74, 6) is -0.752. The van der Waals surface area contributed by atoms with Gasteiger partial charge < -0.3 is 4.57 Å². The minimum Gasteiger partial charge on any atom is -0.308 e. The highest BCUT2D eigenvalue weighted by Crippen LogP contribution is 2.45. The average Bonchev–Trinajstić information content (AvgIpc) is 3.69. The molecule has 1 aliphatic heterocycles. The fraction of sp³-hybridized carbons (Fsp3) is 0. The van der Waals surface area contributed by atoms with Crippen molar-refractivity contribution in [3.05, 3.63) is 192 Å². The van der Waals surface area contributed by atoms with E-state index in [0.717, 1.165) is 55.2 Å². The SMILES string of the molecule is [C-]#[N+]c1ccc(-c2cccc3c2c2c(-c4ccc([N+]#[C-])cc4)cccc2n3-c2cccc3c2C(=O)N(c2ccccc2-c2ccccc2)C3=O)cc1. The highest BCUT2D eigenvalue weighted by Gasteiger charge is 2.40. The Hall–Kier alpha value is -7.54. The number of fused-ring (bicyclic) bond motifs is 4. The molecular formula is C46H26N4O2. The van der Waals surface area contributed by atoms with Crippen LogP contribution in [0.4, 0.5) is 17.1 Å². The van der Waals surface area contributed by atoms with Crippen LogP contribution in [0.15, 0.2) is 158 Å². The van der Waals surface area contributed by atoms with E-state index >= 15 is 0 Å². The molecule has 1 aliphatic rings. The first-order valence-electron chi connectivity index (χ1n) is 16.8. The third-order valence-corrected chi connectivity index (χ3v) is 9.80. The number of anilines is 1. The van der Waals surface area contributed by atoms with Gasteiger partial charge in [0.1, 0.15) is 0 Å². The monoisotopic (exact) mass is 666 g/mol. The number of hydrogen-bond donors (Lipinski definition) is 0. The molecule has 2 amide bonds. The van der Waals surface area contributed by atoms with Gasteiger partial charge >= 0.3 is 0 Å². The Kier molecular flexibility index (Phi) is 7.10. The lowest BCUT2D eigenvalue weighted by atomic mass is 9.94. The first kappa shape index (κ1) is 30.5. The van der Waals surface area contributed by atoms with Gasteiger partial charge in [0.05, 0.1) is 46.7 Å². The third-order valence-electron chi connectivity index (χ3n) is 9.80. The molecule has 7 aromatic carbocycles. The maximum Gasteiger partial charge on any atom is 0.268 e. The second kappa shape index (κ2) is 12.1. The summed E-state index contributed by atoms with van der Waals surface area (Å²) < 4.78 is 2.09. The highest BCUT2D eigenvalue weighted by atomic mass is 16.2. The van der Waals surface area contributed by atoms with Gasteiger partial charge in [0.15, 0.2) is 11.4 Å². The van der Waals surface area contributed by atoms with Crippen molar-refractivity contribution < 1.29 is 9.59 Å². The molecule has 0 fully saturated rings. The standard InChI is InChI=1S/C46H26N4O2/c1-47-32-25-21-30(22-26-32)35-14-8-18-39-42(35)43-36(31-23-27-33(48-2)28-24-31)15-9-19-40(43)49(39)41-20-10-16-37-44(41)46(52)50(45(37)51)38-17-7-6-13-34(38)29-11-4-3-5-12-29/h3-28H. The Bertz CT molecular complexity index is 2720. The van der Waals surface area contributed by atoms with Crippen LogP contribution in [0.3, 0.4) is 0 Å². The van der Waals surface area contributed by atoms with E-state index in [0.29, 0.717) is 33.9 Å². The van der Waals surface area contributed by atoms with Gasteiger partial charge in [0.25, 0.3) is 11.8 Å². The van der Waals surface area contributed by atoms with Crippen molar-refractivity contribution in [3.8, 4) is 39.1 Å². The van der Waals surface area contributed by atoms with Gasteiger partial charge in [0.2, 0.25) is 0 Å². The smallest absolute Gasteiger partial charge is 0.268 e. The zero-order valence-corrected chi connectivity index (χ0v) is 27.6. The van der Waals surface area contributed by atoms with Gasteiger partial charge in [-0.15, -0.1) is 0 Å². The molecule has 2 heterocycles. The molecule has 0 atom stereocenters. The quantitative estimate of drug-likeness (QED) is 0.136. The van der Waals surface area contributed by atoms with Crippen LogP contribution in [0.25, 0.3) is 70.6 Å². The van der Waals surface area contributed by atoms with Crippen molar-refractivity contribution in [1.29, 1.82) is 0 Å². The van der Waals surface area contributed by atoms with Crippen LogP contribution >= 0.6 is 0 Å². The maximum atomic E-state index is 14.7. The van der Waals surface area contributed by atoms with Crippen molar-refractivity contribution in [2.24, 2.45) is 0 Å². The van der Waals surface area contributed by atoms with Crippen LogP contribution in [0.5, 0.6) is 0 Å². The zero-order valence-electron chi connectivity index (χ0n) is 27.6. The Morgan fingerprint density at radius 3 is 1.44 bits per heavy atom. The molecule has 9 rings (SSSR count). The summed E-state index contributed by atoms with van der Waals surface area (Å²) in [5, 5.41) is 1.94. The van der Waals surface area contributed by atoms with Gasteiger partial charge in [-0.25, -0.2) is 14.6 Å². The molecule has 242 valence electrons. The minimum atomic E-state index is -0.384. The van der Waals surface area contributed by atoms with Crippen molar-refractivity contribution in [2.45, 2.75) is 0 Å². The lowest BCUT2D eigenvalue weighted by molar-refractivity contribution is 0.0926. The van der Waals surface area contributed by atoms with Gasteiger partial charge in [-0.05, 0) is 58.1 Å². The second-order valence-electron chi connectivity index (χ2n) is 12.6. The largest absolute Gasteiger partial charge is 0.308 e. The molecule has 0 spiro atoms. The number of carbonyl (C=O) groups is 2. The molecule has 6 nitrogen and oxygen atoms in total. The first-order valence-corrected chi connectivity index (χ1v) is 16.8. The number of nitrogens with zero attached hydrogens (tertiary/aromatic N) is 4. The molecular weight excluding hydrogens is 641 g/mol. The molecule has 0 saturated heterocycles. The normalized spacial score (nSPS) is 12.2. The number of benzene rings is 7. The van der Waals surface area contributed by atoms with Crippen molar-refractivity contribution in [2.75, 3.05) is 4.90 Å². The first-order chi connectivity index (χ1) is 25.6. The molecule has 52 heavy (non-hydrogen) atoms. The van der Waals surface area contributed by atoms with Gasteiger partial charge in [-0.3, -0.25) is 9.59 Å². The Morgan fingerprint density at radius 2 is 0.865 bits per heavy atom. The lowest BCUT2D eigenvalue weighted by Gasteiger charge is -2.18. The number of para-hydroxylation sites is 1. The van der Waals surface area contributed by atoms with Crippen LogP contribution in [0.1, 0.15) is 20.7 Å². The number of aromatic nitrogens is 1. The molecule has 0 N–H and O–H groups in total. The van der Waals surface area contributed by atoms with Crippen LogP contribution in [-0.4, -0.2) is 16.4 Å². The molecule has 0 bridgehead atoms. The van der Waals surface area contributed by atoms with E-state index < -0.39 is 0 Å². The van der Waals surface area contributed by atoms with E-state index in [2.05, 4.69) is 26.4 Å². The van der Waals surface area contributed by atoms with Crippen molar-refractivity contribution >= 4 is 50.7 Å². The second-order valence-corrected chi connectivity index (χ2v) is 12.6. The number of hydrogen-bond acceptors (Lipinski definition) is 2. The molecule has 0 radical (unpaired) electrons. The minimum absolute atomic E-state index is 0.341. The van der Waals surface area contributed by atoms with E-state index in [-0.39, 0.29) is 11.8 Å². The van der Waals surface area contributed by atoms with Crippen LogP contribution in [0, 0.1) is 13.1 Å². The van der Waals surface area contributed by atoms with E-state index in [1.165, 1.54) is 4.90 Å². The Labute approximate surface area is 299 Å². The zero-order chi connectivity index (χ0) is 35.3. The Morgan fingerprint density at radius 1 is 0.404 bits per heavy atom. The summed E-state index contributed by atoms with van der Waals surface area (Å²) in [4.78, 5) is 37.5. The molecule has 1 aromatic heterocycles. The fourth-order valence-electron chi connectivity index (χ4n) is 7.48. The van der Waals surface area contributed by atoms with Crippen LogP contribution in [-0.2, 0) is 0 Å². The molecule has 0 saturated carbocycles. The number of carbonyl (C=O) groups excluding carboxylic acids is 2. The topological polar surface area (TPSA) is 51.0 Å². The number of rotatable bonds is 5. The van der Waals surface area contributed by atoms with Gasteiger partial charge in [-0.2, -0.15) is 0 Å². The molecule has 0 unspecified atom stereocenters. The third kappa shape index (κ3) is 4.64. The van der Waals surface area contributed by atoms with Crippen molar-refractivity contribution in [1.82, 2.24) is 4.57 Å². The van der Waals surface area contributed by atoms with E-state index in [4.69, 9.17) is 13.1 Å². The molecule has 0 aliphatic carbocycles. The summed E-state index contributed by atoms with van der Waals surface area (Å²) in [6.45, 7) is 14.9. The van der Waals surface area contributed by atoms with Crippen LogP contribution in [0.2, 0.25) is 0 Å². The van der Waals surface area contributed by atoms with Crippen LogP contribution < -0.4 is 4.90 Å². The average molecular weight is 667 g/mol. The van der Waals surface area contributed by atoms with Gasteiger partial charge in [-0.1, -0.05) is 127 Å². The maximum absolute atomic E-state index is 14.7. The Balaban J connectivity index is 1.32. The van der Waals surface area contributed by atoms with Gasteiger partial charge in [0, 0.05) is 16.3 Å². The van der Waals surface area contributed by atoms with Crippen molar-refractivity contribution in [3.63, 3.8) is 0 Å². The number of imide groups is 1.